The molecule has 0 saturated carbocycles. The highest BCUT2D eigenvalue weighted by molar-refractivity contribution is 5.35. The van der Waals surface area contributed by atoms with Gasteiger partial charge >= 0.3 is 0 Å². The van der Waals surface area contributed by atoms with Crippen LogP contribution in [0.2, 0.25) is 0 Å². The van der Waals surface area contributed by atoms with Crippen LogP contribution >= 0.6 is 0 Å². The molecule has 106 valence electrons. The summed E-state index contributed by atoms with van der Waals surface area (Å²) in [7, 11) is 0. The van der Waals surface area contributed by atoms with Gasteiger partial charge in [-0.25, -0.2) is 14.4 Å². The van der Waals surface area contributed by atoms with E-state index in [9.17, 15) is 4.39 Å². The van der Waals surface area contributed by atoms with Crippen LogP contribution in [-0.4, -0.2) is 16.5 Å². The minimum absolute atomic E-state index is 0.237. The SMILES string of the molecule is CCNc1cc(C)nc(COc2ccc(F)c(C)c2)n1. The molecule has 2 rings (SSSR count). The number of nitrogens with zero attached hydrogens (tertiary/aromatic N) is 2. The van der Waals surface area contributed by atoms with E-state index in [-0.39, 0.29) is 12.4 Å². The van der Waals surface area contributed by atoms with E-state index >= 15 is 0 Å². The Morgan fingerprint density at radius 2 is 2.00 bits per heavy atom. The molecule has 5 heteroatoms. The van der Waals surface area contributed by atoms with Crippen LogP contribution in [0.15, 0.2) is 24.3 Å². The monoisotopic (exact) mass is 275 g/mol. The molecule has 0 fully saturated rings. The molecule has 0 saturated heterocycles. The molecule has 0 radical (unpaired) electrons. The minimum Gasteiger partial charge on any atom is -0.486 e. The summed E-state index contributed by atoms with van der Waals surface area (Å²) in [5.74, 6) is 1.76. The number of halogens is 1. The number of aryl methyl sites for hydroxylation is 2. The Morgan fingerprint density at radius 3 is 2.70 bits per heavy atom. The molecule has 20 heavy (non-hydrogen) atoms. The predicted octanol–water partition coefficient (Wildman–Crippen LogP) is 3.24. The summed E-state index contributed by atoms with van der Waals surface area (Å²) >= 11 is 0. The van der Waals surface area contributed by atoms with Crippen LogP contribution in [0.5, 0.6) is 5.75 Å². The summed E-state index contributed by atoms with van der Waals surface area (Å²) in [5, 5.41) is 3.15. The van der Waals surface area contributed by atoms with E-state index in [2.05, 4.69) is 15.3 Å². The van der Waals surface area contributed by atoms with Crippen molar-refractivity contribution in [3.8, 4) is 5.75 Å². The lowest BCUT2D eigenvalue weighted by Crippen LogP contribution is -2.07. The van der Waals surface area contributed by atoms with Crippen molar-refractivity contribution >= 4 is 5.82 Å². The quantitative estimate of drug-likeness (QED) is 0.910. The van der Waals surface area contributed by atoms with Gasteiger partial charge in [-0.1, -0.05) is 0 Å². The summed E-state index contributed by atoms with van der Waals surface area (Å²) in [6.45, 7) is 6.68. The molecule has 1 aromatic carbocycles. The number of hydrogen-bond acceptors (Lipinski definition) is 4. The summed E-state index contributed by atoms with van der Waals surface area (Å²) in [6, 6.07) is 6.54. The van der Waals surface area contributed by atoms with Gasteiger partial charge in [0.1, 0.15) is 24.0 Å². The lowest BCUT2D eigenvalue weighted by Gasteiger charge is -2.09. The number of nitrogens with one attached hydrogen (secondary N) is 1. The zero-order valence-electron chi connectivity index (χ0n) is 11.9. The van der Waals surface area contributed by atoms with Crippen LogP contribution in [0.3, 0.4) is 0 Å². The van der Waals surface area contributed by atoms with Crippen LogP contribution < -0.4 is 10.1 Å². The number of benzene rings is 1. The van der Waals surface area contributed by atoms with Gasteiger partial charge < -0.3 is 10.1 Å². The number of ether oxygens (including phenoxy) is 1. The molecule has 1 aromatic heterocycles. The lowest BCUT2D eigenvalue weighted by atomic mass is 10.2. The smallest absolute Gasteiger partial charge is 0.168 e. The molecule has 2 aromatic rings. The number of anilines is 1. The van der Waals surface area contributed by atoms with Crippen molar-refractivity contribution in [2.24, 2.45) is 0 Å². The van der Waals surface area contributed by atoms with Gasteiger partial charge in [-0.15, -0.1) is 0 Å². The van der Waals surface area contributed by atoms with Gasteiger partial charge in [0.05, 0.1) is 0 Å². The van der Waals surface area contributed by atoms with E-state index in [1.165, 1.54) is 6.07 Å². The van der Waals surface area contributed by atoms with Gasteiger partial charge in [0.15, 0.2) is 5.82 Å². The van der Waals surface area contributed by atoms with Crippen molar-refractivity contribution < 1.29 is 9.13 Å². The average molecular weight is 275 g/mol. The van der Waals surface area contributed by atoms with Gasteiger partial charge in [0.25, 0.3) is 0 Å². The second-order valence-electron chi connectivity index (χ2n) is 4.54. The second kappa shape index (κ2) is 6.32. The predicted molar refractivity (Wildman–Crippen MR) is 76.4 cm³/mol. The minimum atomic E-state index is -0.237. The maximum Gasteiger partial charge on any atom is 0.168 e. The van der Waals surface area contributed by atoms with E-state index in [0.29, 0.717) is 17.1 Å². The highest BCUT2D eigenvalue weighted by atomic mass is 19.1. The van der Waals surface area contributed by atoms with Gasteiger partial charge in [0.2, 0.25) is 0 Å². The van der Waals surface area contributed by atoms with Crippen molar-refractivity contribution in [1.82, 2.24) is 9.97 Å². The molecule has 0 aliphatic heterocycles. The van der Waals surface area contributed by atoms with E-state index < -0.39 is 0 Å². The zero-order chi connectivity index (χ0) is 14.5. The average Bonchev–Trinajstić information content (AvgIpc) is 2.40. The van der Waals surface area contributed by atoms with Crippen LogP contribution in [-0.2, 0) is 6.61 Å². The van der Waals surface area contributed by atoms with Crippen LogP contribution in [0.1, 0.15) is 24.0 Å². The Labute approximate surface area is 118 Å². The zero-order valence-corrected chi connectivity index (χ0v) is 11.9. The largest absolute Gasteiger partial charge is 0.486 e. The molecule has 0 aliphatic carbocycles. The molecule has 1 heterocycles. The third kappa shape index (κ3) is 3.66. The van der Waals surface area contributed by atoms with Crippen molar-refractivity contribution in [1.29, 1.82) is 0 Å². The van der Waals surface area contributed by atoms with Crippen LogP contribution in [0.4, 0.5) is 10.2 Å². The fourth-order valence-corrected chi connectivity index (χ4v) is 1.82. The van der Waals surface area contributed by atoms with Crippen LogP contribution in [0, 0.1) is 19.7 Å². The first-order valence-electron chi connectivity index (χ1n) is 6.56. The van der Waals surface area contributed by atoms with E-state index in [1.54, 1.807) is 19.1 Å². The maximum atomic E-state index is 13.2. The Morgan fingerprint density at radius 1 is 1.20 bits per heavy atom. The van der Waals surface area contributed by atoms with Crippen molar-refractivity contribution in [3.05, 3.63) is 47.2 Å². The highest BCUT2D eigenvalue weighted by Crippen LogP contribution is 2.17. The summed E-state index contributed by atoms with van der Waals surface area (Å²) < 4.78 is 18.8. The molecule has 1 N–H and O–H groups in total. The molecular formula is C15H18FN3O. The molecule has 4 nitrogen and oxygen atoms in total. The Hall–Kier alpha value is -2.17. The third-order valence-electron chi connectivity index (χ3n) is 2.76. The van der Waals surface area contributed by atoms with Crippen molar-refractivity contribution in [2.45, 2.75) is 27.4 Å². The maximum absolute atomic E-state index is 13.2. The Bertz CT molecular complexity index is 602. The van der Waals surface area contributed by atoms with E-state index in [0.717, 1.165) is 18.1 Å². The summed E-state index contributed by atoms with van der Waals surface area (Å²) in [5.41, 5.74) is 1.44. The van der Waals surface area contributed by atoms with Crippen LogP contribution in [0.25, 0.3) is 0 Å². The van der Waals surface area contributed by atoms with Crippen molar-refractivity contribution in [2.75, 3.05) is 11.9 Å². The number of aromatic nitrogens is 2. The van der Waals surface area contributed by atoms with E-state index in [4.69, 9.17) is 4.74 Å². The number of rotatable bonds is 5. The molecule has 0 bridgehead atoms. The standard InChI is InChI=1S/C15H18FN3O/c1-4-17-14-8-11(3)18-15(19-14)9-20-12-5-6-13(16)10(2)7-12/h5-8H,4,9H2,1-3H3,(H,17,18,19). The molecule has 0 unspecified atom stereocenters. The Kier molecular flexibility index (Phi) is 4.50. The lowest BCUT2D eigenvalue weighted by molar-refractivity contribution is 0.295. The Balaban J connectivity index is 2.08. The summed E-state index contributed by atoms with van der Waals surface area (Å²) in [6.07, 6.45) is 0. The van der Waals surface area contributed by atoms with Crippen molar-refractivity contribution in [3.63, 3.8) is 0 Å². The molecule has 0 aliphatic rings. The normalized spacial score (nSPS) is 10.4. The fourth-order valence-electron chi connectivity index (χ4n) is 1.82. The number of hydrogen-bond donors (Lipinski definition) is 1. The van der Waals surface area contributed by atoms with E-state index in [1.807, 2.05) is 19.9 Å². The van der Waals surface area contributed by atoms with Gasteiger partial charge in [-0.3, -0.25) is 0 Å². The first-order valence-corrected chi connectivity index (χ1v) is 6.56. The summed E-state index contributed by atoms with van der Waals surface area (Å²) in [4.78, 5) is 8.68. The first-order chi connectivity index (χ1) is 9.58. The van der Waals surface area contributed by atoms with Gasteiger partial charge in [-0.05, 0) is 44.5 Å². The third-order valence-corrected chi connectivity index (χ3v) is 2.76. The molecule has 0 spiro atoms. The van der Waals surface area contributed by atoms with Gasteiger partial charge in [0, 0.05) is 18.3 Å². The second-order valence-corrected chi connectivity index (χ2v) is 4.54. The molecule has 0 atom stereocenters. The fraction of sp³-hybridized carbons (Fsp3) is 0.333. The molecular weight excluding hydrogens is 257 g/mol. The topological polar surface area (TPSA) is 47.0 Å². The first kappa shape index (κ1) is 14.2. The molecule has 0 amide bonds. The van der Waals surface area contributed by atoms with Gasteiger partial charge in [-0.2, -0.15) is 0 Å². The highest BCUT2D eigenvalue weighted by Gasteiger charge is 2.04.